The lowest BCUT2D eigenvalue weighted by Gasteiger charge is -2.18. The molecule has 0 saturated carbocycles. The third kappa shape index (κ3) is 4.79. The predicted molar refractivity (Wildman–Crippen MR) is 117 cm³/mol. The lowest BCUT2D eigenvalue weighted by molar-refractivity contribution is -0.127. The number of hydrogen-bond acceptors (Lipinski definition) is 5. The zero-order valence-electron chi connectivity index (χ0n) is 17.3. The van der Waals surface area contributed by atoms with Gasteiger partial charge in [-0.3, -0.25) is 9.36 Å². The summed E-state index contributed by atoms with van der Waals surface area (Å²) in [5.74, 6) is 1.95. The summed E-state index contributed by atoms with van der Waals surface area (Å²) in [6.45, 7) is 7.44. The van der Waals surface area contributed by atoms with Crippen LogP contribution in [0.25, 0.3) is 17.1 Å². The molecule has 0 aliphatic carbocycles. The Morgan fingerprint density at radius 2 is 1.83 bits per heavy atom. The van der Waals surface area contributed by atoms with E-state index in [2.05, 4.69) is 29.3 Å². The number of aromatic nitrogens is 3. The highest BCUT2D eigenvalue weighted by Gasteiger charge is 2.18. The van der Waals surface area contributed by atoms with Gasteiger partial charge in [-0.2, -0.15) is 0 Å². The van der Waals surface area contributed by atoms with Gasteiger partial charge in [0.05, 0.1) is 12.9 Å². The van der Waals surface area contributed by atoms with Crippen LogP contribution in [0.3, 0.4) is 0 Å². The summed E-state index contributed by atoms with van der Waals surface area (Å²) in [7, 11) is 1.64. The largest absolute Gasteiger partial charge is 0.497 e. The second kappa shape index (κ2) is 9.60. The Labute approximate surface area is 175 Å². The summed E-state index contributed by atoms with van der Waals surface area (Å²) in [5.41, 5.74) is 3.05. The molecule has 0 atom stereocenters. The number of rotatable bonds is 8. The second-order valence-corrected chi connectivity index (χ2v) is 7.51. The molecule has 0 N–H and O–H groups in total. The topological polar surface area (TPSA) is 60.2 Å². The zero-order chi connectivity index (χ0) is 20.8. The van der Waals surface area contributed by atoms with Crippen LogP contribution in [0.1, 0.15) is 19.4 Å². The van der Waals surface area contributed by atoms with E-state index in [1.165, 1.54) is 11.8 Å². The van der Waals surface area contributed by atoms with Gasteiger partial charge in [0.15, 0.2) is 11.0 Å². The highest BCUT2D eigenvalue weighted by Crippen LogP contribution is 2.29. The van der Waals surface area contributed by atoms with Crippen LogP contribution in [0.4, 0.5) is 0 Å². The zero-order valence-corrected chi connectivity index (χ0v) is 18.1. The average Bonchev–Trinajstić information content (AvgIpc) is 3.17. The van der Waals surface area contributed by atoms with Gasteiger partial charge in [0.2, 0.25) is 5.91 Å². The van der Waals surface area contributed by atoms with Gasteiger partial charge in [-0.25, -0.2) is 0 Å². The summed E-state index contributed by atoms with van der Waals surface area (Å²) < 4.78 is 7.28. The van der Waals surface area contributed by atoms with Crippen molar-refractivity contribution < 1.29 is 9.53 Å². The minimum absolute atomic E-state index is 0.0985. The summed E-state index contributed by atoms with van der Waals surface area (Å²) in [4.78, 5) is 14.3. The van der Waals surface area contributed by atoms with Crippen molar-refractivity contribution in [2.45, 2.75) is 25.9 Å². The second-order valence-electron chi connectivity index (χ2n) is 6.56. The number of ether oxygens (including phenoxy) is 1. The maximum atomic E-state index is 12.5. The third-order valence-corrected chi connectivity index (χ3v) is 5.59. The minimum atomic E-state index is 0.0985. The molecule has 0 bridgehead atoms. The van der Waals surface area contributed by atoms with Gasteiger partial charge in [0, 0.05) is 24.3 Å². The Kier molecular flexibility index (Phi) is 6.93. The van der Waals surface area contributed by atoms with Gasteiger partial charge < -0.3 is 9.64 Å². The van der Waals surface area contributed by atoms with Crippen LogP contribution in [0.5, 0.6) is 5.75 Å². The molecule has 2 aromatic carbocycles. The fourth-order valence-corrected chi connectivity index (χ4v) is 3.95. The van der Waals surface area contributed by atoms with E-state index in [0.717, 1.165) is 28.4 Å². The maximum Gasteiger partial charge on any atom is 0.233 e. The number of carbonyl (C=O) groups excluding carboxylic acids is 1. The predicted octanol–water partition coefficient (Wildman–Crippen LogP) is 4.21. The summed E-state index contributed by atoms with van der Waals surface area (Å²) in [6, 6.07) is 15.9. The van der Waals surface area contributed by atoms with Crippen LogP contribution in [-0.2, 0) is 4.79 Å². The molecule has 29 heavy (non-hydrogen) atoms. The number of hydrogen-bond donors (Lipinski definition) is 0. The SMILES string of the molecule is CCN(CC)C(=O)CSc1nnc(-c2cccc(C)c2)n1-c1ccc(OC)cc1. The molecular weight excluding hydrogens is 384 g/mol. The van der Waals surface area contributed by atoms with Crippen molar-refractivity contribution in [2.24, 2.45) is 0 Å². The van der Waals surface area contributed by atoms with E-state index in [0.29, 0.717) is 24.0 Å². The first-order valence-corrected chi connectivity index (χ1v) is 10.6. The Balaban J connectivity index is 1.98. The van der Waals surface area contributed by atoms with E-state index in [1.807, 2.05) is 59.7 Å². The van der Waals surface area contributed by atoms with Crippen LogP contribution in [0.2, 0.25) is 0 Å². The standard InChI is InChI=1S/C22H26N4O2S/c1-5-25(6-2)20(27)15-29-22-24-23-21(17-9-7-8-16(3)14-17)26(22)18-10-12-19(28-4)13-11-18/h7-14H,5-6,15H2,1-4H3. The van der Waals surface area contributed by atoms with E-state index in [-0.39, 0.29) is 5.91 Å². The van der Waals surface area contributed by atoms with Crippen molar-refractivity contribution >= 4 is 17.7 Å². The van der Waals surface area contributed by atoms with Gasteiger partial charge in [-0.15, -0.1) is 10.2 Å². The van der Waals surface area contributed by atoms with Crippen molar-refractivity contribution in [3.05, 3.63) is 54.1 Å². The van der Waals surface area contributed by atoms with Gasteiger partial charge in [-0.05, 0) is 51.1 Å². The molecule has 6 nitrogen and oxygen atoms in total. The van der Waals surface area contributed by atoms with Gasteiger partial charge in [0.25, 0.3) is 0 Å². The summed E-state index contributed by atoms with van der Waals surface area (Å²) in [5, 5.41) is 9.53. The number of thioether (sulfide) groups is 1. The molecule has 0 radical (unpaired) electrons. The van der Waals surface area contributed by atoms with Crippen LogP contribution in [0.15, 0.2) is 53.7 Å². The van der Waals surface area contributed by atoms with E-state index >= 15 is 0 Å². The van der Waals surface area contributed by atoms with Crippen molar-refractivity contribution in [1.29, 1.82) is 0 Å². The smallest absolute Gasteiger partial charge is 0.233 e. The van der Waals surface area contributed by atoms with Gasteiger partial charge in [-0.1, -0.05) is 35.5 Å². The normalized spacial score (nSPS) is 10.8. The quantitative estimate of drug-likeness (QED) is 0.521. The fraction of sp³-hybridized carbons (Fsp3) is 0.318. The van der Waals surface area contributed by atoms with Gasteiger partial charge in [0.1, 0.15) is 5.75 Å². The van der Waals surface area contributed by atoms with E-state index in [9.17, 15) is 4.79 Å². The van der Waals surface area contributed by atoms with Crippen molar-refractivity contribution in [2.75, 3.05) is 26.0 Å². The Bertz CT molecular complexity index is 965. The number of methoxy groups -OCH3 is 1. The van der Waals surface area contributed by atoms with E-state index < -0.39 is 0 Å². The maximum absolute atomic E-state index is 12.5. The first-order chi connectivity index (χ1) is 14.1. The van der Waals surface area contributed by atoms with Crippen molar-refractivity contribution in [3.63, 3.8) is 0 Å². The molecule has 0 unspecified atom stereocenters. The molecule has 0 spiro atoms. The Hall–Kier alpha value is -2.80. The highest BCUT2D eigenvalue weighted by atomic mass is 32.2. The highest BCUT2D eigenvalue weighted by molar-refractivity contribution is 7.99. The molecule has 3 aromatic rings. The molecule has 3 rings (SSSR count). The monoisotopic (exact) mass is 410 g/mol. The van der Waals surface area contributed by atoms with Crippen molar-refractivity contribution in [1.82, 2.24) is 19.7 Å². The third-order valence-electron chi connectivity index (χ3n) is 4.68. The molecule has 1 amide bonds. The molecule has 0 fully saturated rings. The average molecular weight is 411 g/mol. The number of amides is 1. The van der Waals surface area contributed by atoms with Crippen LogP contribution < -0.4 is 4.74 Å². The van der Waals surface area contributed by atoms with Crippen LogP contribution in [0, 0.1) is 6.92 Å². The molecule has 1 aromatic heterocycles. The Morgan fingerprint density at radius 1 is 1.10 bits per heavy atom. The molecule has 7 heteroatoms. The van der Waals surface area contributed by atoms with Gasteiger partial charge >= 0.3 is 0 Å². The molecular formula is C22H26N4O2S. The van der Waals surface area contributed by atoms with Crippen molar-refractivity contribution in [3.8, 4) is 22.8 Å². The summed E-state index contributed by atoms with van der Waals surface area (Å²) >= 11 is 1.41. The molecule has 152 valence electrons. The minimum Gasteiger partial charge on any atom is -0.497 e. The Morgan fingerprint density at radius 3 is 2.45 bits per heavy atom. The lowest BCUT2D eigenvalue weighted by atomic mass is 10.1. The summed E-state index contributed by atoms with van der Waals surface area (Å²) in [6.07, 6.45) is 0. The van der Waals surface area contributed by atoms with E-state index in [4.69, 9.17) is 4.74 Å². The first kappa shape index (κ1) is 20.9. The first-order valence-electron chi connectivity index (χ1n) is 9.64. The van der Waals surface area contributed by atoms with E-state index in [1.54, 1.807) is 7.11 Å². The molecule has 0 aliphatic rings. The number of carbonyl (C=O) groups is 1. The lowest BCUT2D eigenvalue weighted by Crippen LogP contribution is -2.31. The van der Waals surface area contributed by atoms with Crippen LogP contribution in [-0.4, -0.2) is 51.5 Å². The number of nitrogens with zero attached hydrogens (tertiary/aromatic N) is 4. The molecule has 1 heterocycles. The number of aryl methyl sites for hydroxylation is 1. The van der Waals surface area contributed by atoms with Crippen LogP contribution >= 0.6 is 11.8 Å². The number of benzene rings is 2. The fourth-order valence-electron chi connectivity index (χ4n) is 3.09. The molecule has 0 saturated heterocycles. The molecule has 0 aliphatic heterocycles.